The lowest BCUT2D eigenvalue weighted by Crippen LogP contribution is -2.43. The van der Waals surface area contributed by atoms with E-state index in [-0.39, 0.29) is 54.5 Å². The van der Waals surface area contributed by atoms with Crippen LogP contribution in [0.1, 0.15) is 24.5 Å². The second-order valence-electron chi connectivity index (χ2n) is 6.08. The molecular weight excluding hydrogens is 507 g/mol. The van der Waals surface area contributed by atoms with Gasteiger partial charge in [0.15, 0.2) is 5.96 Å². The van der Waals surface area contributed by atoms with Gasteiger partial charge in [0.25, 0.3) is 0 Å². The molecule has 1 aromatic carbocycles. The highest BCUT2D eigenvalue weighted by atomic mass is 127. The molecule has 1 amide bonds. The first-order valence-corrected chi connectivity index (χ1v) is 8.80. The van der Waals surface area contributed by atoms with Crippen molar-refractivity contribution in [3.8, 4) is 0 Å². The summed E-state index contributed by atoms with van der Waals surface area (Å²) in [7, 11) is 3.18. The van der Waals surface area contributed by atoms with Crippen molar-refractivity contribution in [3.05, 3.63) is 35.1 Å². The summed E-state index contributed by atoms with van der Waals surface area (Å²) >= 11 is 0. The van der Waals surface area contributed by atoms with Gasteiger partial charge in [-0.05, 0) is 31.0 Å². The fourth-order valence-electron chi connectivity index (χ4n) is 2.13. The lowest BCUT2D eigenvalue weighted by atomic mass is 10.1. The van der Waals surface area contributed by atoms with Crippen LogP contribution >= 0.6 is 24.0 Å². The lowest BCUT2D eigenvalue weighted by Gasteiger charge is -2.16. The van der Waals surface area contributed by atoms with E-state index in [0.29, 0.717) is 32.2 Å². The van der Waals surface area contributed by atoms with E-state index in [4.69, 9.17) is 4.74 Å². The fraction of sp³-hybridized carbons (Fsp3) is 0.556. The number of halogens is 5. The number of carbonyl (C=O) groups excluding carboxylic acids is 1. The number of carbonyl (C=O) groups is 1. The van der Waals surface area contributed by atoms with E-state index in [1.165, 1.54) is 4.90 Å². The van der Waals surface area contributed by atoms with Gasteiger partial charge in [-0.15, -0.1) is 24.0 Å². The summed E-state index contributed by atoms with van der Waals surface area (Å²) in [5.41, 5.74) is -1.24. The summed E-state index contributed by atoms with van der Waals surface area (Å²) in [4.78, 5) is 17.2. The highest BCUT2D eigenvalue weighted by molar-refractivity contribution is 14.0. The maximum atomic E-state index is 13.2. The van der Waals surface area contributed by atoms with E-state index < -0.39 is 17.6 Å². The van der Waals surface area contributed by atoms with Gasteiger partial charge in [0.2, 0.25) is 5.91 Å². The highest BCUT2D eigenvalue weighted by Crippen LogP contribution is 2.32. The fourth-order valence-corrected chi connectivity index (χ4v) is 2.13. The number of guanidine groups is 1. The Morgan fingerprint density at radius 2 is 1.93 bits per heavy atom. The first-order valence-electron chi connectivity index (χ1n) is 8.80. The number of hydrogen-bond donors (Lipinski definition) is 2. The summed E-state index contributed by atoms with van der Waals surface area (Å²) in [6.07, 6.45) is -4.03. The molecule has 0 aliphatic heterocycles. The number of amides is 1. The standard InChI is InChI=1S/C18H26F4N4O2.HI/c1-4-28-9-5-8-23-17(25-12-16(27)26(2)3)24-11-13-6-7-14(19)10-15(13)18(20,21)22;/h6-7,10H,4-5,8-9,11-12H2,1-3H3,(H2,23,24,25);1H. The van der Waals surface area contributed by atoms with Gasteiger partial charge in [-0.1, -0.05) is 6.07 Å². The maximum absolute atomic E-state index is 13.2. The van der Waals surface area contributed by atoms with Crippen molar-refractivity contribution < 1.29 is 27.1 Å². The van der Waals surface area contributed by atoms with Gasteiger partial charge in [0.1, 0.15) is 5.82 Å². The second-order valence-corrected chi connectivity index (χ2v) is 6.08. The van der Waals surface area contributed by atoms with Crippen molar-refractivity contribution in [2.24, 2.45) is 4.99 Å². The zero-order valence-corrected chi connectivity index (χ0v) is 18.9. The van der Waals surface area contributed by atoms with Crippen LogP contribution in [0.5, 0.6) is 0 Å². The smallest absolute Gasteiger partial charge is 0.382 e. The zero-order valence-electron chi connectivity index (χ0n) is 16.6. The van der Waals surface area contributed by atoms with Crippen LogP contribution in [-0.4, -0.2) is 57.2 Å². The SMILES string of the molecule is CCOCCCNC(=NCc1ccc(F)cc1C(F)(F)F)NCC(=O)N(C)C.I. The Morgan fingerprint density at radius 1 is 1.24 bits per heavy atom. The molecule has 6 nitrogen and oxygen atoms in total. The second kappa shape index (κ2) is 13.6. The van der Waals surface area contributed by atoms with Crippen LogP contribution in [-0.2, 0) is 22.3 Å². The monoisotopic (exact) mass is 534 g/mol. The molecule has 0 fully saturated rings. The third-order valence-corrected chi connectivity index (χ3v) is 3.65. The van der Waals surface area contributed by atoms with Crippen molar-refractivity contribution in [1.29, 1.82) is 0 Å². The Morgan fingerprint density at radius 3 is 2.52 bits per heavy atom. The highest BCUT2D eigenvalue weighted by Gasteiger charge is 2.33. The molecule has 0 aromatic heterocycles. The Kier molecular flexibility index (Phi) is 12.8. The minimum absolute atomic E-state index is 0. The van der Waals surface area contributed by atoms with E-state index in [2.05, 4.69) is 15.6 Å². The van der Waals surface area contributed by atoms with Gasteiger partial charge in [-0.3, -0.25) is 4.79 Å². The number of rotatable bonds is 9. The third-order valence-electron chi connectivity index (χ3n) is 3.65. The van der Waals surface area contributed by atoms with E-state index >= 15 is 0 Å². The van der Waals surface area contributed by atoms with Crippen molar-refractivity contribution in [2.45, 2.75) is 26.1 Å². The molecule has 11 heteroatoms. The molecule has 0 aliphatic rings. The van der Waals surface area contributed by atoms with Gasteiger partial charge in [0.05, 0.1) is 18.7 Å². The number of likely N-dealkylation sites (N-methyl/N-ethyl adjacent to an activating group) is 1. The number of nitrogens with one attached hydrogen (secondary N) is 2. The predicted octanol–water partition coefficient (Wildman–Crippen LogP) is 3.01. The molecule has 29 heavy (non-hydrogen) atoms. The van der Waals surface area contributed by atoms with Gasteiger partial charge >= 0.3 is 6.18 Å². The van der Waals surface area contributed by atoms with Crippen LogP contribution in [0.3, 0.4) is 0 Å². The Balaban J connectivity index is 0.00000784. The summed E-state index contributed by atoms with van der Waals surface area (Å²) in [6.45, 7) is 3.03. The molecular formula is C18H27F4IN4O2. The van der Waals surface area contributed by atoms with Gasteiger partial charge < -0.3 is 20.3 Å². The minimum atomic E-state index is -4.69. The van der Waals surface area contributed by atoms with E-state index in [0.717, 1.165) is 12.1 Å². The van der Waals surface area contributed by atoms with Crippen LogP contribution < -0.4 is 10.6 Å². The lowest BCUT2D eigenvalue weighted by molar-refractivity contribution is -0.138. The zero-order chi connectivity index (χ0) is 21.2. The van der Waals surface area contributed by atoms with Crippen molar-refractivity contribution >= 4 is 35.8 Å². The molecule has 0 bridgehead atoms. The Hall–Kier alpha value is -1.63. The number of nitrogens with zero attached hydrogens (tertiary/aromatic N) is 2. The van der Waals surface area contributed by atoms with Crippen LogP contribution in [0.2, 0.25) is 0 Å². The summed E-state index contributed by atoms with van der Waals surface area (Å²) in [5, 5.41) is 5.73. The molecule has 1 rings (SSSR count). The number of alkyl halides is 3. The molecule has 0 heterocycles. The van der Waals surface area contributed by atoms with E-state index in [1.54, 1.807) is 14.1 Å². The number of ether oxygens (including phenoxy) is 1. The Bertz CT molecular complexity index is 670. The summed E-state index contributed by atoms with van der Waals surface area (Å²) in [6, 6.07) is 2.46. The van der Waals surface area contributed by atoms with Crippen LogP contribution in [0.15, 0.2) is 23.2 Å². The molecule has 0 aliphatic carbocycles. The molecule has 0 saturated heterocycles. The molecule has 0 unspecified atom stereocenters. The largest absolute Gasteiger partial charge is 0.416 e. The average Bonchev–Trinajstić information content (AvgIpc) is 2.62. The van der Waals surface area contributed by atoms with Gasteiger partial charge in [-0.25, -0.2) is 9.38 Å². The molecule has 0 spiro atoms. The quantitative estimate of drug-likeness (QED) is 0.168. The number of hydrogen-bond acceptors (Lipinski definition) is 3. The van der Waals surface area contributed by atoms with Gasteiger partial charge in [-0.2, -0.15) is 13.2 Å². The molecule has 0 radical (unpaired) electrons. The molecule has 2 N–H and O–H groups in total. The first kappa shape index (κ1) is 27.4. The van der Waals surface area contributed by atoms with Crippen LogP contribution in [0.25, 0.3) is 0 Å². The molecule has 166 valence electrons. The van der Waals surface area contributed by atoms with Gasteiger partial charge in [0, 0.05) is 33.9 Å². The maximum Gasteiger partial charge on any atom is 0.416 e. The van der Waals surface area contributed by atoms with Crippen molar-refractivity contribution in [3.63, 3.8) is 0 Å². The third kappa shape index (κ3) is 10.6. The minimum Gasteiger partial charge on any atom is -0.382 e. The van der Waals surface area contributed by atoms with E-state index in [9.17, 15) is 22.4 Å². The van der Waals surface area contributed by atoms with Crippen LogP contribution in [0, 0.1) is 5.82 Å². The normalized spacial score (nSPS) is 11.6. The number of benzene rings is 1. The van der Waals surface area contributed by atoms with Crippen molar-refractivity contribution in [1.82, 2.24) is 15.5 Å². The molecule has 0 atom stereocenters. The number of aliphatic imine (C=N–C) groups is 1. The Labute approximate surface area is 185 Å². The molecule has 0 saturated carbocycles. The topological polar surface area (TPSA) is 66.0 Å². The summed E-state index contributed by atoms with van der Waals surface area (Å²) in [5.74, 6) is -1.00. The molecule has 1 aromatic rings. The van der Waals surface area contributed by atoms with Crippen LogP contribution in [0.4, 0.5) is 17.6 Å². The predicted molar refractivity (Wildman–Crippen MR) is 114 cm³/mol. The summed E-state index contributed by atoms with van der Waals surface area (Å²) < 4.78 is 57.8. The van der Waals surface area contributed by atoms with Crippen molar-refractivity contribution in [2.75, 3.05) is 40.4 Å². The first-order chi connectivity index (χ1) is 13.1. The average molecular weight is 534 g/mol. The van der Waals surface area contributed by atoms with E-state index in [1.807, 2.05) is 6.92 Å².